The molecule has 0 aromatic carbocycles. The maximum absolute atomic E-state index is 12.2. The number of amides is 1. The van der Waals surface area contributed by atoms with Gasteiger partial charge in [0.2, 0.25) is 0 Å². The van der Waals surface area contributed by atoms with Crippen molar-refractivity contribution in [1.82, 2.24) is 5.32 Å². The zero-order valence-electron chi connectivity index (χ0n) is 12.6. The van der Waals surface area contributed by atoms with Crippen LogP contribution in [0.4, 0.5) is 10.7 Å². The molecule has 1 aliphatic rings. The van der Waals surface area contributed by atoms with Crippen LogP contribution in [0.15, 0.2) is 4.90 Å². The number of hydrogen-bond acceptors (Lipinski definition) is 6. The van der Waals surface area contributed by atoms with Gasteiger partial charge < -0.3 is 20.7 Å². The molecule has 2 rings (SSSR count). The van der Waals surface area contributed by atoms with Crippen LogP contribution in [0.3, 0.4) is 0 Å². The Kier molecular flexibility index (Phi) is 6.20. The normalized spacial score (nSPS) is 15.8. The van der Waals surface area contributed by atoms with Crippen LogP contribution in [0.1, 0.15) is 29.4 Å². The van der Waals surface area contributed by atoms with Gasteiger partial charge in [0.1, 0.15) is 9.88 Å². The number of nitrogen functional groups attached to an aromatic ring is 1. The molecule has 0 unspecified atom stereocenters. The van der Waals surface area contributed by atoms with Crippen molar-refractivity contribution in [2.24, 2.45) is 0 Å². The van der Waals surface area contributed by atoms with E-state index >= 15 is 0 Å². The molecule has 118 valence electrons. The molecule has 1 amide bonds. The van der Waals surface area contributed by atoms with Crippen LogP contribution >= 0.6 is 23.1 Å². The number of hydrogen-bond donors (Lipinski definition) is 2. The Morgan fingerprint density at radius 1 is 1.48 bits per heavy atom. The zero-order valence-corrected chi connectivity index (χ0v) is 14.2. The smallest absolute Gasteiger partial charge is 0.263 e. The average molecular weight is 329 g/mol. The van der Waals surface area contributed by atoms with Gasteiger partial charge in [-0.1, -0.05) is 6.92 Å². The van der Waals surface area contributed by atoms with Crippen molar-refractivity contribution in [3.63, 3.8) is 0 Å². The number of thioether (sulfide) groups is 1. The summed E-state index contributed by atoms with van der Waals surface area (Å²) in [6.45, 7) is 6.04. The third-order valence-corrected chi connectivity index (χ3v) is 5.55. The maximum Gasteiger partial charge on any atom is 0.263 e. The summed E-state index contributed by atoms with van der Waals surface area (Å²) in [7, 11) is 0. The van der Waals surface area contributed by atoms with Crippen molar-refractivity contribution >= 4 is 39.7 Å². The van der Waals surface area contributed by atoms with Crippen molar-refractivity contribution in [1.29, 1.82) is 0 Å². The molecule has 1 aliphatic heterocycles. The van der Waals surface area contributed by atoms with Crippen LogP contribution in [-0.2, 0) is 4.74 Å². The second kappa shape index (κ2) is 7.91. The third-order valence-electron chi connectivity index (χ3n) is 3.34. The van der Waals surface area contributed by atoms with Crippen LogP contribution in [0.5, 0.6) is 0 Å². The van der Waals surface area contributed by atoms with E-state index in [2.05, 4.69) is 10.2 Å². The van der Waals surface area contributed by atoms with Crippen molar-refractivity contribution < 1.29 is 9.53 Å². The minimum Gasteiger partial charge on any atom is -0.396 e. The quantitative estimate of drug-likeness (QED) is 0.812. The van der Waals surface area contributed by atoms with Crippen molar-refractivity contribution in [2.75, 3.05) is 49.7 Å². The molecule has 1 fully saturated rings. The van der Waals surface area contributed by atoms with E-state index in [0.29, 0.717) is 17.1 Å². The molecule has 7 heteroatoms. The van der Waals surface area contributed by atoms with E-state index in [0.717, 1.165) is 49.0 Å². The van der Waals surface area contributed by atoms with Gasteiger partial charge in [0.25, 0.3) is 5.91 Å². The average Bonchev–Trinajstić information content (AvgIpc) is 2.68. The number of thiophene rings is 1. The Morgan fingerprint density at radius 2 is 2.29 bits per heavy atom. The monoisotopic (exact) mass is 329 g/mol. The van der Waals surface area contributed by atoms with Gasteiger partial charge >= 0.3 is 0 Å². The molecule has 0 bridgehead atoms. The number of carbonyl (C=O) groups excluding carboxylic acids is 1. The van der Waals surface area contributed by atoms with Crippen molar-refractivity contribution in [3.05, 3.63) is 4.88 Å². The topological polar surface area (TPSA) is 67.6 Å². The fourth-order valence-corrected chi connectivity index (χ4v) is 4.41. The maximum atomic E-state index is 12.2. The zero-order chi connectivity index (χ0) is 15.2. The Labute approximate surface area is 134 Å². The Hall–Kier alpha value is -0.920. The highest BCUT2D eigenvalue weighted by Crippen LogP contribution is 2.44. The first-order valence-corrected chi connectivity index (χ1v) is 9.30. The second-order valence-corrected chi connectivity index (χ2v) is 6.71. The number of rotatable bonds is 5. The molecule has 0 atom stereocenters. The standard InChI is InChI=1S/C14H23N3O2S2/c1-3-5-16-13(18)11-10(15)12(20-2)14(21-11)17-6-4-8-19-9-7-17/h3-9,15H2,1-2H3,(H,16,18). The molecule has 2 heterocycles. The summed E-state index contributed by atoms with van der Waals surface area (Å²) in [6.07, 6.45) is 3.93. The highest BCUT2D eigenvalue weighted by molar-refractivity contribution is 7.99. The van der Waals surface area contributed by atoms with Gasteiger partial charge in [-0.15, -0.1) is 23.1 Å². The van der Waals surface area contributed by atoms with Gasteiger partial charge in [-0.2, -0.15) is 0 Å². The van der Waals surface area contributed by atoms with Crippen molar-refractivity contribution in [3.8, 4) is 0 Å². The number of nitrogens with one attached hydrogen (secondary N) is 1. The predicted molar refractivity (Wildman–Crippen MR) is 90.8 cm³/mol. The molecular weight excluding hydrogens is 306 g/mol. The number of nitrogens with two attached hydrogens (primary N) is 1. The predicted octanol–water partition coefficient (Wildman–Crippen LogP) is 2.42. The Bertz CT molecular complexity index is 483. The van der Waals surface area contributed by atoms with Gasteiger partial charge in [0.15, 0.2) is 0 Å². The van der Waals surface area contributed by atoms with E-state index in [4.69, 9.17) is 10.5 Å². The molecule has 1 aromatic rings. The van der Waals surface area contributed by atoms with Crippen LogP contribution < -0.4 is 16.0 Å². The molecule has 0 radical (unpaired) electrons. The lowest BCUT2D eigenvalue weighted by Crippen LogP contribution is -2.25. The minimum absolute atomic E-state index is 0.0630. The van der Waals surface area contributed by atoms with Gasteiger partial charge in [-0.25, -0.2) is 0 Å². The molecule has 5 nitrogen and oxygen atoms in total. The lowest BCUT2D eigenvalue weighted by molar-refractivity contribution is 0.0958. The second-order valence-electron chi connectivity index (χ2n) is 4.89. The van der Waals surface area contributed by atoms with Gasteiger partial charge in [-0.3, -0.25) is 4.79 Å². The minimum atomic E-state index is -0.0630. The fraction of sp³-hybridized carbons (Fsp3) is 0.643. The largest absolute Gasteiger partial charge is 0.396 e. The summed E-state index contributed by atoms with van der Waals surface area (Å²) in [5, 5.41) is 4.01. The van der Waals surface area contributed by atoms with Gasteiger partial charge in [-0.05, 0) is 19.1 Å². The Balaban J connectivity index is 2.26. The number of carbonyl (C=O) groups is 1. The molecule has 21 heavy (non-hydrogen) atoms. The van der Waals surface area contributed by atoms with Crippen molar-refractivity contribution in [2.45, 2.75) is 24.7 Å². The van der Waals surface area contributed by atoms with E-state index < -0.39 is 0 Å². The number of anilines is 2. The van der Waals surface area contributed by atoms with Crippen LogP contribution in [0.25, 0.3) is 0 Å². The molecule has 0 saturated carbocycles. The fourth-order valence-electron chi connectivity index (χ4n) is 2.26. The van der Waals surface area contributed by atoms with Gasteiger partial charge in [0, 0.05) is 26.2 Å². The molecule has 3 N–H and O–H groups in total. The summed E-state index contributed by atoms with van der Waals surface area (Å²) in [4.78, 5) is 16.2. The lowest BCUT2D eigenvalue weighted by atomic mass is 10.3. The van der Waals surface area contributed by atoms with Crippen LogP contribution in [0.2, 0.25) is 0 Å². The van der Waals surface area contributed by atoms with Crippen LogP contribution in [0, 0.1) is 0 Å². The molecule has 0 aliphatic carbocycles. The lowest BCUT2D eigenvalue weighted by Gasteiger charge is -2.21. The first-order valence-electron chi connectivity index (χ1n) is 7.26. The third kappa shape index (κ3) is 3.84. The van der Waals surface area contributed by atoms with E-state index in [1.165, 1.54) is 11.3 Å². The number of ether oxygens (including phenoxy) is 1. The summed E-state index contributed by atoms with van der Waals surface area (Å²) in [6, 6.07) is 0. The van der Waals surface area contributed by atoms with Crippen LogP contribution in [-0.4, -0.2) is 45.0 Å². The number of nitrogens with zero attached hydrogens (tertiary/aromatic N) is 1. The van der Waals surface area contributed by atoms with E-state index in [9.17, 15) is 4.79 Å². The van der Waals surface area contributed by atoms with E-state index in [-0.39, 0.29) is 5.91 Å². The Morgan fingerprint density at radius 3 is 3.00 bits per heavy atom. The first-order chi connectivity index (χ1) is 10.2. The molecule has 1 aromatic heterocycles. The summed E-state index contributed by atoms with van der Waals surface area (Å²) >= 11 is 3.11. The molecule has 0 spiro atoms. The molecule has 1 saturated heterocycles. The van der Waals surface area contributed by atoms with E-state index in [1.54, 1.807) is 11.8 Å². The summed E-state index contributed by atoms with van der Waals surface area (Å²) in [5.74, 6) is -0.0630. The summed E-state index contributed by atoms with van der Waals surface area (Å²) in [5.41, 5.74) is 6.82. The summed E-state index contributed by atoms with van der Waals surface area (Å²) < 4.78 is 5.50. The molecular formula is C14H23N3O2S2. The first kappa shape index (κ1) is 16.5. The van der Waals surface area contributed by atoms with Gasteiger partial charge in [0.05, 0.1) is 17.2 Å². The highest BCUT2D eigenvalue weighted by atomic mass is 32.2. The van der Waals surface area contributed by atoms with E-state index in [1.807, 2.05) is 13.2 Å². The SMILES string of the molecule is CCCNC(=O)c1sc(N2CCCOCC2)c(SC)c1N. The highest BCUT2D eigenvalue weighted by Gasteiger charge is 2.24.